The molecule has 2 heterocycles. The van der Waals surface area contributed by atoms with E-state index in [4.69, 9.17) is 4.74 Å². The van der Waals surface area contributed by atoms with Crippen LogP contribution in [0.1, 0.15) is 24.3 Å². The van der Waals surface area contributed by atoms with Crippen molar-refractivity contribution in [3.05, 3.63) is 74.9 Å². The number of aromatic nitrogens is 2. The Morgan fingerprint density at radius 3 is 2.05 bits per heavy atom. The van der Waals surface area contributed by atoms with Crippen molar-refractivity contribution in [3.8, 4) is 27.7 Å². The van der Waals surface area contributed by atoms with E-state index in [2.05, 4.69) is 9.72 Å². The predicted molar refractivity (Wildman–Crippen MR) is 129 cm³/mol. The second kappa shape index (κ2) is 9.75. The lowest BCUT2D eigenvalue weighted by molar-refractivity contribution is -0.274. The molecule has 5 rings (SSSR count). The third-order valence-electron chi connectivity index (χ3n) is 5.99. The smallest absolute Gasteiger partial charge is 0.457 e. The van der Waals surface area contributed by atoms with Gasteiger partial charge in [-0.2, -0.15) is 13.2 Å². The van der Waals surface area contributed by atoms with E-state index in [1.54, 1.807) is 24.3 Å². The number of H-pyrrole nitrogens is 1. The SMILES string of the molecule is O=c1[nH]c(=O)n(CC(O)C(F)(F)F)c2sc(-c3ccc(Oc4ccc(OC(F)(F)F)cc4)cc3)c(C3CC3)c12. The standard InChI is InChI=1S/C25H18F6N2O5S/c26-24(27,28)17(34)11-33-22-19(21(35)32-23(33)36)18(12-1-2-12)20(39-22)13-3-5-14(6-4-13)37-15-7-9-16(10-8-15)38-25(29,30)31/h3-10,12,17,34H,1-2,11H2,(H,32,35,36). The molecule has 14 heteroatoms. The Morgan fingerprint density at radius 2 is 1.51 bits per heavy atom. The molecule has 206 valence electrons. The summed E-state index contributed by atoms with van der Waals surface area (Å²) in [6.07, 6.45) is -11.1. The third kappa shape index (κ3) is 5.81. The Kier molecular flexibility index (Phi) is 6.71. The number of hydrogen-bond acceptors (Lipinski definition) is 6. The highest BCUT2D eigenvalue weighted by molar-refractivity contribution is 7.22. The fraction of sp³-hybridized carbons (Fsp3) is 0.280. The lowest BCUT2D eigenvalue weighted by atomic mass is 10.0. The van der Waals surface area contributed by atoms with Gasteiger partial charge in [0.1, 0.15) is 22.1 Å². The zero-order valence-corrected chi connectivity index (χ0v) is 20.4. The molecule has 0 bridgehead atoms. The van der Waals surface area contributed by atoms with Crippen molar-refractivity contribution in [1.29, 1.82) is 0 Å². The second-order valence-corrected chi connectivity index (χ2v) is 9.87. The van der Waals surface area contributed by atoms with Gasteiger partial charge >= 0.3 is 18.2 Å². The van der Waals surface area contributed by atoms with Gasteiger partial charge in [-0.15, -0.1) is 24.5 Å². The first-order chi connectivity index (χ1) is 18.3. The molecule has 1 atom stereocenters. The number of aliphatic hydroxyl groups excluding tert-OH is 1. The first-order valence-electron chi connectivity index (χ1n) is 11.5. The van der Waals surface area contributed by atoms with Crippen LogP contribution in [-0.2, 0) is 6.54 Å². The van der Waals surface area contributed by atoms with Gasteiger partial charge in [-0.1, -0.05) is 0 Å². The van der Waals surface area contributed by atoms with E-state index in [-0.39, 0.29) is 21.9 Å². The Balaban J connectivity index is 1.47. The van der Waals surface area contributed by atoms with Crippen molar-refractivity contribution >= 4 is 21.6 Å². The topological polar surface area (TPSA) is 93.6 Å². The van der Waals surface area contributed by atoms with E-state index < -0.39 is 42.2 Å². The minimum Gasteiger partial charge on any atom is -0.457 e. The normalized spacial score (nSPS) is 14.9. The maximum Gasteiger partial charge on any atom is 0.573 e. The Hall–Kier alpha value is -3.78. The molecule has 1 unspecified atom stereocenters. The number of aliphatic hydroxyl groups is 1. The first-order valence-corrected chi connectivity index (χ1v) is 12.3. The van der Waals surface area contributed by atoms with Gasteiger partial charge in [0.15, 0.2) is 6.10 Å². The summed E-state index contributed by atoms with van der Waals surface area (Å²) < 4.78 is 86.3. The number of nitrogens with one attached hydrogen (secondary N) is 1. The van der Waals surface area contributed by atoms with Crippen LogP contribution in [0.3, 0.4) is 0 Å². The molecule has 1 aliphatic rings. The zero-order chi connectivity index (χ0) is 28.1. The highest BCUT2D eigenvalue weighted by Gasteiger charge is 2.39. The summed E-state index contributed by atoms with van der Waals surface area (Å²) in [7, 11) is 0. The van der Waals surface area contributed by atoms with Gasteiger partial charge in [-0.05, 0) is 78.4 Å². The lowest BCUT2D eigenvalue weighted by Crippen LogP contribution is -2.38. The Morgan fingerprint density at radius 1 is 0.949 bits per heavy atom. The Bertz CT molecular complexity index is 1620. The molecule has 39 heavy (non-hydrogen) atoms. The molecule has 0 aliphatic heterocycles. The van der Waals surface area contributed by atoms with Crippen molar-refractivity contribution in [2.24, 2.45) is 0 Å². The number of alkyl halides is 6. The molecule has 2 aromatic heterocycles. The van der Waals surface area contributed by atoms with Crippen molar-refractivity contribution < 1.29 is 40.9 Å². The maximum absolute atomic E-state index is 13.0. The number of rotatable bonds is 7. The molecule has 7 nitrogen and oxygen atoms in total. The second-order valence-electron chi connectivity index (χ2n) is 8.87. The zero-order valence-electron chi connectivity index (χ0n) is 19.6. The van der Waals surface area contributed by atoms with Crippen LogP contribution >= 0.6 is 11.3 Å². The molecule has 0 radical (unpaired) electrons. The molecule has 0 spiro atoms. The fourth-order valence-corrected chi connectivity index (χ4v) is 5.50. The van der Waals surface area contributed by atoms with Crippen molar-refractivity contribution in [2.75, 3.05) is 0 Å². The minimum absolute atomic E-state index is 0.0123. The third-order valence-corrected chi connectivity index (χ3v) is 7.27. The van der Waals surface area contributed by atoms with E-state index >= 15 is 0 Å². The van der Waals surface area contributed by atoms with Gasteiger partial charge < -0.3 is 14.6 Å². The predicted octanol–water partition coefficient (Wildman–Crippen LogP) is 5.91. The number of halogens is 6. The molecule has 0 amide bonds. The summed E-state index contributed by atoms with van der Waals surface area (Å²) in [6.45, 7) is -1.07. The van der Waals surface area contributed by atoms with Gasteiger partial charge in [0, 0.05) is 4.88 Å². The van der Waals surface area contributed by atoms with Crippen LogP contribution in [-0.4, -0.2) is 33.3 Å². The number of aromatic amines is 1. The van der Waals surface area contributed by atoms with Gasteiger partial charge in [0.25, 0.3) is 5.56 Å². The minimum atomic E-state index is -4.96. The molecule has 2 aromatic carbocycles. The van der Waals surface area contributed by atoms with Gasteiger partial charge in [-0.3, -0.25) is 14.3 Å². The van der Waals surface area contributed by atoms with Crippen molar-refractivity contribution in [2.45, 2.75) is 43.9 Å². The van der Waals surface area contributed by atoms with E-state index in [9.17, 15) is 41.0 Å². The van der Waals surface area contributed by atoms with E-state index in [1.807, 2.05) is 0 Å². The molecular formula is C25H18F6N2O5S. The number of benzene rings is 2. The lowest BCUT2D eigenvalue weighted by Gasteiger charge is -2.16. The Labute approximate surface area is 218 Å². The molecular weight excluding hydrogens is 554 g/mol. The highest BCUT2D eigenvalue weighted by Crippen LogP contribution is 2.50. The molecule has 1 aliphatic carbocycles. The number of fused-ring (bicyclic) bond motifs is 1. The van der Waals surface area contributed by atoms with Crippen LogP contribution in [0.5, 0.6) is 17.2 Å². The quantitative estimate of drug-likeness (QED) is 0.269. The van der Waals surface area contributed by atoms with Crippen LogP contribution in [0.4, 0.5) is 26.3 Å². The van der Waals surface area contributed by atoms with Gasteiger partial charge in [-0.25, -0.2) is 4.79 Å². The molecule has 2 N–H and O–H groups in total. The van der Waals surface area contributed by atoms with Crippen LogP contribution in [0.25, 0.3) is 20.7 Å². The summed E-state index contributed by atoms with van der Waals surface area (Å²) in [6, 6.07) is 11.3. The molecule has 1 saturated carbocycles. The monoisotopic (exact) mass is 572 g/mol. The van der Waals surface area contributed by atoms with E-state index in [0.717, 1.165) is 40.9 Å². The van der Waals surface area contributed by atoms with Gasteiger partial charge in [0.05, 0.1) is 11.9 Å². The summed E-state index contributed by atoms with van der Waals surface area (Å²) in [5, 5.41) is 9.70. The number of nitrogens with zero attached hydrogens (tertiary/aromatic N) is 1. The van der Waals surface area contributed by atoms with Crippen molar-refractivity contribution in [3.63, 3.8) is 0 Å². The van der Waals surface area contributed by atoms with Gasteiger partial charge in [0.2, 0.25) is 0 Å². The maximum atomic E-state index is 13.0. The highest BCUT2D eigenvalue weighted by atomic mass is 32.1. The molecule has 1 fully saturated rings. The van der Waals surface area contributed by atoms with E-state index in [0.29, 0.717) is 21.8 Å². The van der Waals surface area contributed by atoms with Crippen LogP contribution in [0.2, 0.25) is 0 Å². The summed E-state index contributed by atoms with van der Waals surface area (Å²) in [4.78, 5) is 27.9. The van der Waals surface area contributed by atoms with Crippen LogP contribution < -0.4 is 20.7 Å². The molecule has 0 saturated heterocycles. The molecule has 4 aromatic rings. The number of hydrogen-bond donors (Lipinski definition) is 2. The summed E-state index contributed by atoms with van der Waals surface area (Å²) in [5.74, 6) is 0.178. The van der Waals surface area contributed by atoms with Crippen molar-refractivity contribution in [1.82, 2.24) is 9.55 Å². The average Bonchev–Trinajstić information content (AvgIpc) is 3.61. The largest absolute Gasteiger partial charge is 0.573 e. The number of thiophene rings is 1. The van der Waals surface area contributed by atoms with Crippen LogP contribution in [0.15, 0.2) is 58.1 Å². The van der Waals surface area contributed by atoms with E-state index in [1.165, 1.54) is 12.1 Å². The van der Waals surface area contributed by atoms with Crippen LogP contribution in [0, 0.1) is 0 Å². The summed E-state index contributed by atoms with van der Waals surface area (Å²) >= 11 is 0.987. The first kappa shape index (κ1) is 26.8. The average molecular weight is 572 g/mol. The number of ether oxygens (including phenoxy) is 2. The summed E-state index contributed by atoms with van der Waals surface area (Å²) in [5.41, 5.74) is -0.522. The fourth-order valence-electron chi connectivity index (χ4n) is 4.10.